The van der Waals surface area contributed by atoms with Crippen LogP contribution in [0.15, 0.2) is 35.1 Å². The fourth-order valence-electron chi connectivity index (χ4n) is 3.57. The summed E-state index contributed by atoms with van der Waals surface area (Å²) in [5, 5.41) is 2.87. The van der Waals surface area contributed by atoms with Crippen molar-refractivity contribution in [3.05, 3.63) is 46.3 Å². The summed E-state index contributed by atoms with van der Waals surface area (Å²) in [7, 11) is 0. The van der Waals surface area contributed by atoms with Gasteiger partial charge in [-0.2, -0.15) is 0 Å². The fraction of sp³-hybridized carbons (Fsp3) is 0.478. The maximum Gasteiger partial charge on any atom is 0.410 e. The summed E-state index contributed by atoms with van der Waals surface area (Å²) in [5.74, 6) is 0.527. The number of nitrogens with one attached hydrogen (secondary N) is 1. The van der Waals surface area contributed by atoms with Crippen molar-refractivity contribution >= 4 is 39.4 Å². The molecule has 2 amide bonds. The predicted octanol–water partition coefficient (Wildman–Crippen LogP) is 4.63. The van der Waals surface area contributed by atoms with E-state index in [2.05, 4.69) is 43.0 Å². The zero-order valence-electron chi connectivity index (χ0n) is 19.3. The molecule has 0 saturated carbocycles. The smallest absolute Gasteiger partial charge is 0.410 e. The number of amides is 2. The number of rotatable bonds is 3. The van der Waals surface area contributed by atoms with Crippen LogP contribution in [0, 0.1) is 6.92 Å². The summed E-state index contributed by atoms with van der Waals surface area (Å²) < 4.78 is 6.26. The first-order chi connectivity index (χ1) is 14.9. The second kappa shape index (κ2) is 9.44. The summed E-state index contributed by atoms with van der Waals surface area (Å²) in [5.41, 5.74) is 1.31. The van der Waals surface area contributed by atoms with Crippen LogP contribution in [-0.4, -0.2) is 57.6 Å². The minimum Gasteiger partial charge on any atom is -0.444 e. The molecule has 0 spiro atoms. The average Bonchev–Trinajstić information content (AvgIpc) is 2.70. The Labute approximate surface area is 197 Å². The molecule has 0 radical (unpaired) electrons. The summed E-state index contributed by atoms with van der Waals surface area (Å²) in [6.45, 7) is 12.6. The molecule has 8 nitrogen and oxygen atoms in total. The first-order valence-electron chi connectivity index (χ1n) is 10.6. The van der Waals surface area contributed by atoms with Gasteiger partial charge in [-0.3, -0.25) is 4.79 Å². The van der Waals surface area contributed by atoms with Crippen molar-refractivity contribution in [1.29, 1.82) is 0 Å². The van der Waals surface area contributed by atoms with E-state index in [1.807, 2.05) is 40.7 Å². The lowest BCUT2D eigenvalue weighted by atomic mass is 10.1. The van der Waals surface area contributed by atoms with Gasteiger partial charge in [-0.15, -0.1) is 0 Å². The molecule has 9 heteroatoms. The van der Waals surface area contributed by atoms with Crippen molar-refractivity contribution < 1.29 is 14.3 Å². The Bertz CT molecular complexity index is 990. The standard InChI is InChI=1S/C23H30BrN5O3/c1-14-13-29(22(31)32-23(4,5)6)15(2)12-28(14)20-10-7-17(11-25-20)21(30)27-18-8-9-19(24)26-16(18)3/h7-11,14-15H,12-13H2,1-6H3,(H,27,30)/t14-,15+/m1/s1. The Hall–Kier alpha value is -2.68. The maximum absolute atomic E-state index is 12.6. The molecule has 2 aromatic rings. The Morgan fingerprint density at radius 3 is 2.44 bits per heavy atom. The van der Waals surface area contributed by atoms with Crippen LogP contribution in [0.2, 0.25) is 0 Å². The third-order valence-corrected chi connectivity index (χ3v) is 5.66. The molecule has 0 aromatic carbocycles. The molecule has 32 heavy (non-hydrogen) atoms. The Kier molecular flexibility index (Phi) is 7.07. The van der Waals surface area contributed by atoms with Crippen LogP contribution in [0.3, 0.4) is 0 Å². The number of halogens is 1. The molecule has 1 saturated heterocycles. The average molecular weight is 504 g/mol. The first kappa shape index (κ1) is 24.0. The van der Waals surface area contributed by atoms with Crippen molar-refractivity contribution in [2.75, 3.05) is 23.3 Å². The minimum atomic E-state index is -0.528. The zero-order valence-corrected chi connectivity index (χ0v) is 20.9. The Morgan fingerprint density at radius 2 is 1.84 bits per heavy atom. The van der Waals surface area contributed by atoms with Crippen LogP contribution in [0.4, 0.5) is 16.3 Å². The molecule has 3 rings (SSSR count). The number of aryl methyl sites for hydroxylation is 1. The second-order valence-corrected chi connectivity index (χ2v) is 9.92. The van der Waals surface area contributed by atoms with E-state index in [1.54, 1.807) is 29.3 Å². The van der Waals surface area contributed by atoms with E-state index in [0.717, 1.165) is 11.5 Å². The second-order valence-electron chi connectivity index (χ2n) is 9.11. The number of anilines is 2. The molecule has 1 aliphatic rings. The summed E-state index contributed by atoms with van der Waals surface area (Å²) in [6, 6.07) is 7.22. The van der Waals surface area contributed by atoms with E-state index in [1.165, 1.54) is 0 Å². The van der Waals surface area contributed by atoms with Gasteiger partial charge in [0.2, 0.25) is 0 Å². The van der Waals surface area contributed by atoms with E-state index in [4.69, 9.17) is 4.74 Å². The van der Waals surface area contributed by atoms with Crippen molar-refractivity contribution in [3.63, 3.8) is 0 Å². The van der Waals surface area contributed by atoms with Crippen LogP contribution in [0.1, 0.15) is 50.7 Å². The van der Waals surface area contributed by atoms with E-state index in [-0.39, 0.29) is 24.1 Å². The Balaban J connectivity index is 1.67. The lowest BCUT2D eigenvalue weighted by Crippen LogP contribution is -2.59. The molecule has 2 atom stereocenters. The fourth-order valence-corrected chi connectivity index (χ4v) is 3.97. The van der Waals surface area contributed by atoms with Gasteiger partial charge < -0.3 is 19.9 Å². The molecule has 0 aliphatic carbocycles. The number of ether oxygens (including phenoxy) is 1. The van der Waals surface area contributed by atoms with Gasteiger partial charge in [-0.1, -0.05) is 0 Å². The molecule has 0 bridgehead atoms. The summed E-state index contributed by atoms with van der Waals surface area (Å²) >= 11 is 3.32. The summed E-state index contributed by atoms with van der Waals surface area (Å²) in [6.07, 6.45) is 1.28. The molecule has 1 N–H and O–H groups in total. The van der Waals surface area contributed by atoms with Crippen LogP contribution in [0.5, 0.6) is 0 Å². The van der Waals surface area contributed by atoms with Crippen LogP contribution < -0.4 is 10.2 Å². The zero-order chi connectivity index (χ0) is 23.6. The number of nitrogens with zero attached hydrogens (tertiary/aromatic N) is 4. The number of pyridine rings is 2. The summed E-state index contributed by atoms with van der Waals surface area (Å²) in [4.78, 5) is 37.9. The molecule has 1 aliphatic heterocycles. The number of hydrogen-bond donors (Lipinski definition) is 1. The molecule has 172 valence electrons. The molecule has 2 aromatic heterocycles. The first-order valence-corrected chi connectivity index (χ1v) is 11.4. The highest BCUT2D eigenvalue weighted by Crippen LogP contribution is 2.24. The van der Waals surface area contributed by atoms with Crippen molar-refractivity contribution in [2.45, 2.75) is 59.2 Å². The van der Waals surface area contributed by atoms with Gasteiger partial charge in [0.05, 0.1) is 16.9 Å². The van der Waals surface area contributed by atoms with E-state index < -0.39 is 5.60 Å². The molecular weight excluding hydrogens is 474 g/mol. The van der Waals surface area contributed by atoms with E-state index >= 15 is 0 Å². The van der Waals surface area contributed by atoms with Crippen molar-refractivity contribution in [2.24, 2.45) is 0 Å². The van der Waals surface area contributed by atoms with Gasteiger partial charge in [0.15, 0.2) is 0 Å². The van der Waals surface area contributed by atoms with Gasteiger partial charge in [-0.25, -0.2) is 14.8 Å². The lowest BCUT2D eigenvalue weighted by molar-refractivity contribution is 0.0129. The number of piperazine rings is 1. The quantitative estimate of drug-likeness (QED) is 0.614. The van der Waals surface area contributed by atoms with Crippen molar-refractivity contribution in [3.8, 4) is 0 Å². The van der Waals surface area contributed by atoms with Crippen LogP contribution in [0.25, 0.3) is 0 Å². The predicted molar refractivity (Wildman–Crippen MR) is 128 cm³/mol. The SMILES string of the molecule is Cc1nc(Br)ccc1NC(=O)c1ccc(N2C[C@H](C)N(C(=O)OC(C)(C)C)C[C@H]2C)nc1. The monoisotopic (exact) mass is 503 g/mol. The van der Waals surface area contributed by atoms with Crippen LogP contribution in [-0.2, 0) is 4.74 Å². The largest absolute Gasteiger partial charge is 0.444 e. The van der Waals surface area contributed by atoms with Gasteiger partial charge in [0.1, 0.15) is 16.0 Å². The van der Waals surface area contributed by atoms with E-state index in [9.17, 15) is 9.59 Å². The molecule has 1 fully saturated rings. The topological polar surface area (TPSA) is 87.7 Å². The van der Waals surface area contributed by atoms with Gasteiger partial charge in [0.25, 0.3) is 5.91 Å². The molecule has 0 unspecified atom stereocenters. The number of hydrogen-bond acceptors (Lipinski definition) is 6. The van der Waals surface area contributed by atoms with Gasteiger partial charge in [-0.05, 0) is 81.7 Å². The van der Waals surface area contributed by atoms with Gasteiger partial charge in [0, 0.05) is 31.4 Å². The highest BCUT2D eigenvalue weighted by atomic mass is 79.9. The molecule has 3 heterocycles. The molecular formula is C23H30BrN5O3. The lowest BCUT2D eigenvalue weighted by Gasteiger charge is -2.44. The van der Waals surface area contributed by atoms with Crippen LogP contribution >= 0.6 is 15.9 Å². The number of carbonyl (C=O) groups is 2. The highest BCUT2D eigenvalue weighted by molar-refractivity contribution is 9.10. The normalized spacial score (nSPS) is 19.0. The number of aromatic nitrogens is 2. The number of carbonyl (C=O) groups excluding carboxylic acids is 2. The maximum atomic E-state index is 12.6. The van der Waals surface area contributed by atoms with Gasteiger partial charge >= 0.3 is 6.09 Å². The van der Waals surface area contributed by atoms with Crippen molar-refractivity contribution in [1.82, 2.24) is 14.9 Å². The Morgan fingerprint density at radius 1 is 1.12 bits per heavy atom. The minimum absolute atomic E-state index is 0.0290. The third kappa shape index (κ3) is 5.76. The highest BCUT2D eigenvalue weighted by Gasteiger charge is 2.35. The van der Waals surface area contributed by atoms with E-state index in [0.29, 0.717) is 28.9 Å². The third-order valence-electron chi connectivity index (χ3n) is 5.22.